The molecule has 5 nitrogen and oxygen atoms in total. The highest BCUT2D eigenvalue weighted by atomic mass is 16.5. The summed E-state index contributed by atoms with van der Waals surface area (Å²) in [5, 5.41) is 0.859. The zero-order valence-corrected chi connectivity index (χ0v) is 14.4. The molecule has 3 rings (SSSR count). The molecule has 0 atom stereocenters. The van der Waals surface area contributed by atoms with Crippen LogP contribution in [0.4, 0.5) is 5.69 Å². The van der Waals surface area contributed by atoms with Crippen LogP contribution in [0.1, 0.15) is 11.1 Å². The molecule has 5 heteroatoms. The van der Waals surface area contributed by atoms with Crippen molar-refractivity contribution >= 4 is 22.6 Å². The van der Waals surface area contributed by atoms with Crippen LogP contribution in [0, 0.1) is 13.8 Å². The first-order valence-electron chi connectivity index (χ1n) is 7.96. The van der Waals surface area contributed by atoms with E-state index in [1.165, 1.54) is 6.07 Å². The maximum absolute atomic E-state index is 12.3. The molecule has 0 aliphatic carbocycles. The first kappa shape index (κ1) is 16.8. The summed E-state index contributed by atoms with van der Waals surface area (Å²) in [6, 6.07) is 14.4. The fourth-order valence-corrected chi connectivity index (χ4v) is 2.69. The highest BCUT2D eigenvalue weighted by Crippen LogP contribution is 2.28. The summed E-state index contributed by atoms with van der Waals surface area (Å²) >= 11 is 0. The zero-order valence-electron chi connectivity index (χ0n) is 14.4. The number of ether oxygens (including phenoxy) is 1. The third-order valence-electron chi connectivity index (χ3n) is 4.19. The Morgan fingerprint density at radius 2 is 1.84 bits per heavy atom. The smallest absolute Gasteiger partial charge is 0.336 e. The number of carbonyl (C=O) groups is 1. The van der Waals surface area contributed by atoms with Crippen molar-refractivity contribution in [2.75, 3.05) is 18.6 Å². The van der Waals surface area contributed by atoms with Crippen molar-refractivity contribution in [1.82, 2.24) is 0 Å². The molecule has 25 heavy (non-hydrogen) atoms. The van der Waals surface area contributed by atoms with Gasteiger partial charge in [0.2, 0.25) is 0 Å². The average Bonchev–Trinajstić information content (AvgIpc) is 2.61. The Labute approximate surface area is 145 Å². The van der Waals surface area contributed by atoms with Gasteiger partial charge in [-0.25, -0.2) is 4.79 Å². The number of anilines is 1. The Morgan fingerprint density at radius 1 is 1.12 bits per heavy atom. The van der Waals surface area contributed by atoms with E-state index in [4.69, 9.17) is 9.15 Å². The summed E-state index contributed by atoms with van der Waals surface area (Å²) in [6.07, 6.45) is 0. The lowest BCUT2D eigenvalue weighted by molar-refractivity contribution is -0.120. The largest absolute Gasteiger partial charge is 0.483 e. The normalized spacial score (nSPS) is 10.7. The molecule has 0 N–H and O–H groups in total. The number of fused-ring (bicyclic) bond motifs is 1. The van der Waals surface area contributed by atoms with Crippen LogP contribution < -0.4 is 15.3 Å². The Morgan fingerprint density at radius 3 is 2.56 bits per heavy atom. The number of hydrogen-bond donors (Lipinski definition) is 0. The molecule has 0 saturated heterocycles. The van der Waals surface area contributed by atoms with E-state index in [0.717, 1.165) is 16.6 Å². The molecule has 1 aromatic heterocycles. The molecule has 0 spiro atoms. The fourth-order valence-electron chi connectivity index (χ4n) is 2.69. The van der Waals surface area contributed by atoms with Crippen LogP contribution in [0.5, 0.6) is 5.75 Å². The van der Waals surface area contributed by atoms with Gasteiger partial charge in [-0.15, -0.1) is 0 Å². The molecular formula is C20H19NO4. The highest BCUT2D eigenvalue weighted by Gasteiger charge is 2.14. The van der Waals surface area contributed by atoms with Crippen LogP contribution in [0.25, 0.3) is 11.0 Å². The number of rotatable bonds is 4. The van der Waals surface area contributed by atoms with E-state index in [-0.39, 0.29) is 12.5 Å². The molecule has 0 aliphatic heterocycles. The van der Waals surface area contributed by atoms with Crippen molar-refractivity contribution in [3.05, 3.63) is 70.1 Å². The van der Waals surface area contributed by atoms with E-state index in [0.29, 0.717) is 16.9 Å². The van der Waals surface area contributed by atoms with Gasteiger partial charge in [-0.2, -0.15) is 0 Å². The molecule has 1 amide bonds. The molecule has 0 bridgehead atoms. The van der Waals surface area contributed by atoms with Crippen molar-refractivity contribution in [3.63, 3.8) is 0 Å². The molecule has 0 radical (unpaired) electrons. The standard InChI is InChI=1S/C20H19NO4/c1-13-11-19(23)25-20-14(2)17(10-9-16(13)20)24-12-18(22)21(3)15-7-5-4-6-8-15/h4-11H,12H2,1-3H3. The third-order valence-corrected chi connectivity index (χ3v) is 4.19. The first-order valence-corrected chi connectivity index (χ1v) is 7.96. The van der Waals surface area contributed by atoms with Crippen molar-refractivity contribution in [2.45, 2.75) is 13.8 Å². The van der Waals surface area contributed by atoms with Gasteiger partial charge in [0.25, 0.3) is 5.91 Å². The van der Waals surface area contributed by atoms with Gasteiger partial charge < -0.3 is 14.1 Å². The molecule has 2 aromatic carbocycles. The number of carbonyl (C=O) groups excluding carboxylic acids is 1. The van der Waals surface area contributed by atoms with Gasteiger partial charge in [0.15, 0.2) is 6.61 Å². The fraction of sp³-hybridized carbons (Fsp3) is 0.200. The second-order valence-corrected chi connectivity index (χ2v) is 5.89. The number of amides is 1. The summed E-state index contributed by atoms with van der Waals surface area (Å²) in [4.78, 5) is 25.5. The molecular weight excluding hydrogens is 318 g/mol. The highest BCUT2D eigenvalue weighted by molar-refractivity contribution is 5.94. The maximum Gasteiger partial charge on any atom is 0.336 e. The van der Waals surface area contributed by atoms with Gasteiger partial charge in [-0.1, -0.05) is 18.2 Å². The van der Waals surface area contributed by atoms with Crippen LogP contribution in [-0.2, 0) is 4.79 Å². The zero-order chi connectivity index (χ0) is 18.0. The number of para-hydroxylation sites is 1. The first-order chi connectivity index (χ1) is 12.0. The lowest BCUT2D eigenvalue weighted by Gasteiger charge is -2.18. The Bertz CT molecular complexity index is 976. The molecule has 0 fully saturated rings. The van der Waals surface area contributed by atoms with Crippen LogP contribution in [0.15, 0.2) is 57.7 Å². The van der Waals surface area contributed by atoms with Gasteiger partial charge in [0.1, 0.15) is 11.3 Å². The van der Waals surface area contributed by atoms with Crippen LogP contribution in [0.2, 0.25) is 0 Å². The summed E-state index contributed by atoms with van der Waals surface area (Å²) in [7, 11) is 1.71. The number of aryl methyl sites for hydroxylation is 2. The van der Waals surface area contributed by atoms with E-state index < -0.39 is 5.63 Å². The Balaban J connectivity index is 1.81. The lowest BCUT2D eigenvalue weighted by Crippen LogP contribution is -2.31. The molecule has 128 valence electrons. The van der Waals surface area contributed by atoms with Crippen LogP contribution in [-0.4, -0.2) is 19.6 Å². The third kappa shape index (κ3) is 3.40. The van der Waals surface area contributed by atoms with E-state index in [1.807, 2.05) is 50.2 Å². The molecule has 0 unspecified atom stereocenters. The second kappa shape index (κ2) is 6.81. The molecule has 1 heterocycles. The predicted octanol–water partition coefficient (Wildman–Crippen LogP) is 3.45. The van der Waals surface area contributed by atoms with E-state index in [2.05, 4.69) is 0 Å². The average molecular weight is 337 g/mol. The molecule has 3 aromatic rings. The lowest BCUT2D eigenvalue weighted by atomic mass is 10.1. The van der Waals surface area contributed by atoms with Crippen molar-refractivity contribution in [1.29, 1.82) is 0 Å². The second-order valence-electron chi connectivity index (χ2n) is 5.89. The summed E-state index contributed by atoms with van der Waals surface area (Å²) in [5.41, 5.74) is 2.44. The van der Waals surface area contributed by atoms with Crippen molar-refractivity contribution < 1.29 is 13.9 Å². The minimum atomic E-state index is -0.398. The van der Waals surface area contributed by atoms with E-state index in [1.54, 1.807) is 18.0 Å². The number of likely N-dealkylation sites (N-methyl/N-ethyl adjacent to an activating group) is 1. The minimum Gasteiger partial charge on any atom is -0.483 e. The summed E-state index contributed by atoms with van der Waals surface area (Å²) < 4.78 is 11.0. The summed E-state index contributed by atoms with van der Waals surface area (Å²) in [5.74, 6) is 0.354. The Kier molecular flexibility index (Phi) is 4.57. The van der Waals surface area contributed by atoms with E-state index >= 15 is 0 Å². The van der Waals surface area contributed by atoms with E-state index in [9.17, 15) is 9.59 Å². The maximum atomic E-state index is 12.3. The SMILES string of the molecule is Cc1cc(=O)oc2c(C)c(OCC(=O)N(C)c3ccccc3)ccc12. The molecule has 0 saturated carbocycles. The van der Waals surface area contributed by atoms with Gasteiger partial charge in [0.05, 0.1) is 0 Å². The number of hydrogen-bond acceptors (Lipinski definition) is 4. The van der Waals surface area contributed by atoms with Crippen LogP contribution in [0.3, 0.4) is 0 Å². The van der Waals surface area contributed by atoms with Crippen molar-refractivity contribution in [3.8, 4) is 5.75 Å². The number of nitrogens with zero attached hydrogens (tertiary/aromatic N) is 1. The topological polar surface area (TPSA) is 59.8 Å². The van der Waals surface area contributed by atoms with Gasteiger partial charge in [-0.3, -0.25) is 4.79 Å². The van der Waals surface area contributed by atoms with Gasteiger partial charge in [0, 0.05) is 29.8 Å². The summed E-state index contributed by atoms with van der Waals surface area (Å²) in [6.45, 7) is 3.57. The number of benzene rings is 2. The van der Waals surface area contributed by atoms with Crippen LogP contribution >= 0.6 is 0 Å². The monoisotopic (exact) mass is 337 g/mol. The van der Waals surface area contributed by atoms with Gasteiger partial charge in [-0.05, 0) is 43.7 Å². The Hall–Kier alpha value is -3.08. The van der Waals surface area contributed by atoms with Crippen molar-refractivity contribution in [2.24, 2.45) is 0 Å². The van der Waals surface area contributed by atoms with Gasteiger partial charge >= 0.3 is 5.63 Å². The predicted molar refractivity (Wildman–Crippen MR) is 97.3 cm³/mol. The minimum absolute atomic E-state index is 0.103. The molecule has 0 aliphatic rings. The quantitative estimate of drug-likeness (QED) is 0.684.